The smallest absolute Gasteiger partial charge is 0.255 e. The number of rotatable bonds is 4. The predicted molar refractivity (Wildman–Crippen MR) is 115 cm³/mol. The molecule has 2 heterocycles. The molecule has 1 aliphatic heterocycles. The Kier molecular flexibility index (Phi) is 4.55. The van der Waals surface area contributed by atoms with Gasteiger partial charge in [-0.25, -0.2) is 0 Å². The largest absolute Gasteiger partial charge is 0.496 e. The van der Waals surface area contributed by atoms with Gasteiger partial charge in [-0.1, -0.05) is 12.1 Å². The molecule has 0 unspecified atom stereocenters. The third-order valence-corrected chi connectivity index (χ3v) is 4.99. The molecule has 3 aromatic carbocycles. The van der Waals surface area contributed by atoms with E-state index in [1.54, 1.807) is 49.6 Å². The lowest BCUT2D eigenvalue weighted by molar-refractivity contribution is 0.102. The number of benzene rings is 3. The maximum Gasteiger partial charge on any atom is 0.255 e. The molecule has 1 N–H and O–H groups in total. The first-order valence-electron chi connectivity index (χ1n) is 9.55. The number of para-hydroxylation sites is 1. The van der Waals surface area contributed by atoms with Gasteiger partial charge in [-0.2, -0.15) is 0 Å². The molecule has 4 aromatic rings. The zero-order valence-corrected chi connectivity index (χ0v) is 16.5. The van der Waals surface area contributed by atoms with Crippen molar-refractivity contribution in [2.75, 3.05) is 19.2 Å². The number of nitrogens with one attached hydrogen (secondary N) is 1. The fourth-order valence-electron chi connectivity index (χ4n) is 3.46. The fraction of sp³-hybridized carbons (Fsp3) is 0.0833. The summed E-state index contributed by atoms with van der Waals surface area (Å²) in [6.07, 6.45) is 0. The van der Waals surface area contributed by atoms with Crippen molar-refractivity contribution in [1.29, 1.82) is 0 Å². The Bertz CT molecular complexity index is 1370. The maximum absolute atomic E-state index is 12.8. The average Bonchev–Trinajstić information content (AvgIpc) is 3.27. The van der Waals surface area contributed by atoms with E-state index in [0.29, 0.717) is 50.8 Å². The number of carbonyl (C=O) groups is 1. The third kappa shape index (κ3) is 3.46. The van der Waals surface area contributed by atoms with Crippen LogP contribution in [-0.2, 0) is 0 Å². The van der Waals surface area contributed by atoms with E-state index >= 15 is 0 Å². The van der Waals surface area contributed by atoms with E-state index in [1.165, 1.54) is 6.07 Å². The monoisotopic (exact) mass is 415 g/mol. The molecule has 7 heteroatoms. The fourth-order valence-corrected chi connectivity index (χ4v) is 3.46. The molecule has 0 spiro atoms. The van der Waals surface area contributed by atoms with E-state index in [9.17, 15) is 9.59 Å². The van der Waals surface area contributed by atoms with Crippen molar-refractivity contribution < 1.29 is 23.4 Å². The normalized spacial score (nSPS) is 12.0. The third-order valence-electron chi connectivity index (χ3n) is 4.99. The van der Waals surface area contributed by atoms with Crippen molar-refractivity contribution in [1.82, 2.24) is 0 Å². The number of anilines is 1. The van der Waals surface area contributed by atoms with Crippen LogP contribution >= 0.6 is 0 Å². The maximum atomic E-state index is 12.8. The molecule has 1 aliphatic rings. The highest BCUT2D eigenvalue weighted by atomic mass is 16.7. The van der Waals surface area contributed by atoms with Crippen LogP contribution in [0.15, 0.2) is 75.9 Å². The van der Waals surface area contributed by atoms with Crippen molar-refractivity contribution in [3.63, 3.8) is 0 Å². The van der Waals surface area contributed by atoms with E-state index in [1.807, 2.05) is 18.2 Å². The standard InChI is InChI=1S/C24H17NO6/c1-28-19-5-3-2-4-16(19)22-12-18(26)17-11-15(7-9-20(17)31-22)25-24(27)14-6-8-21-23(10-14)30-13-29-21/h2-12H,13H2,1H3,(H,25,27). The number of hydrogen-bond donors (Lipinski definition) is 1. The first-order valence-corrected chi connectivity index (χ1v) is 9.55. The summed E-state index contributed by atoms with van der Waals surface area (Å²) in [5, 5.41) is 3.16. The van der Waals surface area contributed by atoms with Gasteiger partial charge in [0.2, 0.25) is 6.79 Å². The van der Waals surface area contributed by atoms with Gasteiger partial charge in [-0.15, -0.1) is 0 Å². The molecule has 0 radical (unpaired) electrons. The van der Waals surface area contributed by atoms with Crippen molar-refractivity contribution in [3.05, 3.63) is 82.5 Å². The molecule has 0 saturated carbocycles. The number of fused-ring (bicyclic) bond motifs is 2. The van der Waals surface area contributed by atoms with E-state index in [2.05, 4.69) is 5.32 Å². The topological polar surface area (TPSA) is 87.0 Å². The van der Waals surface area contributed by atoms with Crippen LogP contribution in [0.25, 0.3) is 22.3 Å². The highest BCUT2D eigenvalue weighted by Gasteiger charge is 2.17. The second-order valence-electron chi connectivity index (χ2n) is 6.91. The van der Waals surface area contributed by atoms with Gasteiger partial charge in [-0.3, -0.25) is 9.59 Å². The van der Waals surface area contributed by atoms with E-state index in [0.717, 1.165) is 0 Å². The molecular formula is C24H17NO6. The van der Waals surface area contributed by atoms with Crippen LogP contribution in [0.5, 0.6) is 17.2 Å². The van der Waals surface area contributed by atoms with Crippen molar-refractivity contribution >= 4 is 22.6 Å². The molecule has 0 bridgehead atoms. The highest BCUT2D eigenvalue weighted by Crippen LogP contribution is 2.33. The van der Waals surface area contributed by atoms with Crippen molar-refractivity contribution in [3.8, 4) is 28.6 Å². The average molecular weight is 415 g/mol. The summed E-state index contributed by atoms with van der Waals surface area (Å²) in [6.45, 7) is 0.137. The number of carbonyl (C=O) groups excluding carboxylic acids is 1. The Morgan fingerprint density at radius 1 is 0.968 bits per heavy atom. The highest BCUT2D eigenvalue weighted by molar-refractivity contribution is 6.05. The van der Waals surface area contributed by atoms with Crippen LogP contribution in [0, 0.1) is 0 Å². The second kappa shape index (κ2) is 7.53. The van der Waals surface area contributed by atoms with Crippen molar-refractivity contribution in [2.24, 2.45) is 0 Å². The van der Waals surface area contributed by atoms with Gasteiger partial charge in [0.1, 0.15) is 17.1 Å². The van der Waals surface area contributed by atoms with Crippen molar-refractivity contribution in [2.45, 2.75) is 0 Å². The molecule has 0 saturated heterocycles. The molecule has 0 fully saturated rings. The number of amides is 1. The molecule has 1 amide bonds. The summed E-state index contributed by atoms with van der Waals surface area (Å²) in [4.78, 5) is 25.4. The van der Waals surface area contributed by atoms with Gasteiger partial charge >= 0.3 is 0 Å². The summed E-state index contributed by atoms with van der Waals surface area (Å²) >= 11 is 0. The minimum absolute atomic E-state index is 0.137. The number of ether oxygens (including phenoxy) is 3. The van der Waals surface area contributed by atoms with E-state index in [4.69, 9.17) is 18.6 Å². The van der Waals surface area contributed by atoms with Gasteiger partial charge in [0.25, 0.3) is 5.91 Å². The Morgan fingerprint density at radius 2 is 1.81 bits per heavy atom. The van der Waals surface area contributed by atoms with Gasteiger partial charge < -0.3 is 23.9 Å². The van der Waals surface area contributed by atoms with Gasteiger partial charge in [-0.05, 0) is 48.5 Å². The summed E-state index contributed by atoms with van der Waals surface area (Å²) in [5.41, 5.74) is 1.77. The van der Waals surface area contributed by atoms with Gasteiger partial charge in [0, 0.05) is 17.3 Å². The van der Waals surface area contributed by atoms with Gasteiger partial charge in [0.15, 0.2) is 16.9 Å². The van der Waals surface area contributed by atoms with Crippen LogP contribution in [0.3, 0.4) is 0 Å². The minimum atomic E-state index is -0.326. The summed E-state index contributed by atoms with van der Waals surface area (Å²) in [5.74, 6) is 1.82. The van der Waals surface area contributed by atoms with Crippen LogP contribution in [0.4, 0.5) is 5.69 Å². The zero-order valence-electron chi connectivity index (χ0n) is 16.5. The molecule has 31 heavy (non-hydrogen) atoms. The number of methoxy groups -OCH3 is 1. The Labute approximate surface area is 176 Å². The summed E-state index contributed by atoms with van der Waals surface area (Å²) < 4.78 is 21.9. The number of hydrogen-bond acceptors (Lipinski definition) is 6. The Balaban J connectivity index is 1.46. The molecule has 0 atom stereocenters. The minimum Gasteiger partial charge on any atom is -0.496 e. The summed E-state index contributed by atoms with van der Waals surface area (Å²) in [6, 6.07) is 18.6. The SMILES string of the molecule is COc1ccccc1-c1cc(=O)c2cc(NC(=O)c3ccc4c(c3)OCO4)ccc2o1. The van der Waals surface area contributed by atoms with Crippen LogP contribution < -0.4 is 25.0 Å². The molecule has 0 aliphatic carbocycles. The zero-order chi connectivity index (χ0) is 21.4. The lowest BCUT2D eigenvalue weighted by Crippen LogP contribution is -2.12. The molecule has 7 nitrogen and oxygen atoms in total. The predicted octanol–water partition coefficient (Wildman–Crippen LogP) is 4.45. The lowest BCUT2D eigenvalue weighted by Gasteiger charge is -2.09. The quantitative estimate of drug-likeness (QED) is 0.530. The first-order chi connectivity index (χ1) is 15.1. The summed E-state index contributed by atoms with van der Waals surface area (Å²) in [7, 11) is 1.56. The molecule has 1 aromatic heterocycles. The Hall–Kier alpha value is -4.26. The molecule has 154 valence electrons. The molecule has 5 rings (SSSR count). The van der Waals surface area contributed by atoms with Crippen LogP contribution in [0.2, 0.25) is 0 Å². The van der Waals surface area contributed by atoms with Crippen LogP contribution in [-0.4, -0.2) is 19.8 Å². The lowest BCUT2D eigenvalue weighted by atomic mass is 10.1. The second-order valence-corrected chi connectivity index (χ2v) is 6.91. The van der Waals surface area contributed by atoms with E-state index in [-0.39, 0.29) is 18.1 Å². The Morgan fingerprint density at radius 3 is 2.68 bits per heavy atom. The van der Waals surface area contributed by atoms with Gasteiger partial charge in [0.05, 0.1) is 18.1 Å². The van der Waals surface area contributed by atoms with E-state index < -0.39 is 0 Å². The molecular weight excluding hydrogens is 398 g/mol. The first kappa shape index (κ1) is 18.7. The van der Waals surface area contributed by atoms with Crippen LogP contribution in [0.1, 0.15) is 10.4 Å².